The lowest BCUT2D eigenvalue weighted by atomic mass is 10.1. The van der Waals surface area contributed by atoms with E-state index in [0.29, 0.717) is 6.54 Å². The molecule has 24 heavy (non-hydrogen) atoms. The third-order valence-corrected chi connectivity index (χ3v) is 4.68. The quantitative estimate of drug-likeness (QED) is 0.824. The first-order valence-corrected chi connectivity index (χ1v) is 9.04. The van der Waals surface area contributed by atoms with Crippen LogP contribution in [0, 0.1) is 0 Å². The monoisotopic (exact) mass is 333 g/mol. The Kier molecular flexibility index (Phi) is 7.21. The summed E-state index contributed by atoms with van der Waals surface area (Å²) < 4.78 is 0. The van der Waals surface area contributed by atoms with Gasteiger partial charge in [-0.15, -0.1) is 0 Å². The van der Waals surface area contributed by atoms with Crippen molar-refractivity contribution in [3.8, 4) is 0 Å². The second kappa shape index (κ2) is 9.16. The van der Waals surface area contributed by atoms with Crippen LogP contribution in [0.5, 0.6) is 0 Å². The van der Waals surface area contributed by atoms with Gasteiger partial charge in [0.2, 0.25) is 0 Å². The normalized spacial score (nSPS) is 17.3. The predicted octanol–water partition coefficient (Wildman–Crippen LogP) is 1.67. The molecule has 0 saturated carbocycles. The van der Waals surface area contributed by atoms with Crippen LogP contribution in [0.15, 0.2) is 24.3 Å². The molecule has 1 N–H and O–H groups in total. The Balaban J connectivity index is 1.89. The fourth-order valence-electron chi connectivity index (χ4n) is 3.15. The number of hydrogen-bond acceptors (Lipinski definition) is 4. The lowest BCUT2D eigenvalue weighted by Crippen LogP contribution is -2.50. The largest absolute Gasteiger partial charge is 0.392 e. The predicted molar refractivity (Wildman–Crippen MR) is 97.1 cm³/mol. The Morgan fingerprint density at radius 2 is 1.71 bits per heavy atom. The average molecular weight is 333 g/mol. The molecule has 134 valence electrons. The lowest BCUT2D eigenvalue weighted by molar-refractivity contribution is 0.0554. The molecule has 1 aromatic rings. The second-order valence-corrected chi connectivity index (χ2v) is 6.60. The number of carbonyl (C=O) groups excluding carboxylic acids is 1. The Hall–Kier alpha value is -1.43. The zero-order valence-electron chi connectivity index (χ0n) is 15.2. The van der Waals surface area contributed by atoms with E-state index < -0.39 is 0 Å². The van der Waals surface area contributed by atoms with Gasteiger partial charge in [0, 0.05) is 44.8 Å². The van der Waals surface area contributed by atoms with Crippen LogP contribution < -0.4 is 0 Å². The summed E-state index contributed by atoms with van der Waals surface area (Å²) in [6.45, 7) is 12.9. The summed E-state index contributed by atoms with van der Waals surface area (Å²) in [6.07, 6.45) is -0.314. The molecule has 0 aliphatic carbocycles. The molecule has 0 unspecified atom stereocenters. The maximum atomic E-state index is 12.6. The van der Waals surface area contributed by atoms with Gasteiger partial charge in [-0.3, -0.25) is 14.6 Å². The van der Waals surface area contributed by atoms with Crippen LogP contribution in [0.25, 0.3) is 0 Å². The van der Waals surface area contributed by atoms with Gasteiger partial charge in [0.15, 0.2) is 0 Å². The van der Waals surface area contributed by atoms with Gasteiger partial charge in [0.1, 0.15) is 0 Å². The number of rotatable bonds is 7. The van der Waals surface area contributed by atoms with Crippen LogP contribution in [-0.4, -0.2) is 77.6 Å². The molecule has 1 fully saturated rings. The summed E-state index contributed by atoms with van der Waals surface area (Å²) in [6, 6.07) is 8.02. The van der Waals surface area contributed by atoms with Crippen molar-refractivity contribution >= 4 is 5.91 Å². The number of aliphatic hydroxyl groups is 1. The summed E-state index contributed by atoms with van der Waals surface area (Å²) >= 11 is 0. The van der Waals surface area contributed by atoms with Crippen molar-refractivity contribution < 1.29 is 9.90 Å². The Labute approximate surface area is 145 Å². The molecule has 0 radical (unpaired) electrons. The topological polar surface area (TPSA) is 47.0 Å². The van der Waals surface area contributed by atoms with E-state index in [4.69, 9.17) is 0 Å². The van der Waals surface area contributed by atoms with Crippen LogP contribution in [0.4, 0.5) is 0 Å². The molecular formula is C19H31N3O2. The van der Waals surface area contributed by atoms with Gasteiger partial charge in [-0.25, -0.2) is 0 Å². The summed E-state index contributed by atoms with van der Waals surface area (Å²) in [5, 5.41) is 9.46. The highest BCUT2D eigenvalue weighted by Crippen LogP contribution is 2.12. The average Bonchev–Trinajstić information content (AvgIpc) is 2.60. The fraction of sp³-hybridized carbons (Fsp3) is 0.632. The molecule has 1 aliphatic heterocycles. The molecule has 0 aromatic heterocycles. The molecule has 0 spiro atoms. The van der Waals surface area contributed by atoms with Gasteiger partial charge in [-0.1, -0.05) is 26.0 Å². The number of aliphatic hydroxyl groups excluding tert-OH is 1. The van der Waals surface area contributed by atoms with Crippen molar-refractivity contribution in [1.29, 1.82) is 0 Å². The number of nitrogens with zero attached hydrogens (tertiary/aromatic N) is 3. The molecule has 2 rings (SSSR count). The van der Waals surface area contributed by atoms with Crippen LogP contribution >= 0.6 is 0 Å². The van der Waals surface area contributed by atoms with Crippen molar-refractivity contribution in [2.45, 2.75) is 33.4 Å². The first-order valence-electron chi connectivity index (χ1n) is 9.04. The van der Waals surface area contributed by atoms with Crippen LogP contribution in [-0.2, 0) is 6.54 Å². The minimum atomic E-state index is -0.314. The van der Waals surface area contributed by atoms with E-state index in [9.17, 15) is 9.90 Å². The molecule has 1 aromatic carbocycles. The smallest absolute Gasteiger partial charge is 0.253 e. The molecule has 1 amide bonds. The highest BCUT2D eigenvalue weighted by molar-refractivity contribution is 5.94. The Morgan fingerprint density at radius 1 is 1.12 bits per heavy atom. The molecule has 5 nitrogen and oxygen atoms in total. The van der Waals surface area contributed by atoms with Gasteiger partial charge >= 0.3 is 0 Å². The molecule has 1 heterocycles. The number of hydrogen-bond donors (Lipinski definition) is 1. The molecule has 0 bridgehead atoms. The number of piperazine rings is 1. The molecular weight excluding hydrogens is 302 g/mol. The fourth-order valence-corrected chi connectivity index (χ4v) is 3.15. The summed E-state index contributed by atoms with van der Waals surface area (Å²) in [5.41, 5.74) is 2.01. The molecule has 1 saturated heterocycles. The van der Waals surface area contributed by atoms with E-state index in [-0.39, 0.29) is 12.0 Å². The number of β-amino-alcohol motifs (C(OH)–C–C–N with tert-alkyl or cyclic N) is 1. The molecule has 1 atom stereocenters. The van der Waals surface area contributed by atoms with Crippen molar-refractivity contribution in [1.82, 2.24) is 14.7 Å². The van der Waals surface area contributed by atoms with Crippen LogP contribution in [0.2, 0.25) is 0 Å². The summed E-state index contributed by atoms with van der Waals surface area (Å²) in [4.78, 5) is 19.1. The molecule has 1 aliphatic rings. The van der Waals surface area contributed by atoms with E-state index in [2.05, 4.69) is 35.8 Å². The minimum absolute atomic E-state index is 0.112. The highest BCUT2D eigenvalue weighted by Gasteiger charge is 2.22. The van der Waals surface area contributed by atoms with Gasteiger partial charge in [-0.2, -0.15) is 0 Å². The minimum Gasteiger partial charge on any atom is -0.392 e. The van der Waals surface area contributed by atoms with E-state index in [1.54, 1.807) is 6.92 Å². The zero-order chi connectivity index (χ0) is 17.5. The van der Waals surface area contributed by atoms with E-state index >= 15 is 0 Å². The first kappa shape index (κ1) is 18.9. The summed E-state index contributed by atoms with van der Waals surface area (Å²) in [5.74, 6) is 0.112. The lowest BCUT2D eigenvalue weighted by Gasteiger charge is -2.35. The third kappa shape index (κ3) is 5.30. The first-order chi connectivity index (χ1) is 11.5. The third-order valence-electron chi connectivity index (χ3n) is 4.68. The van der Waals surface area contributed by atoms with E-state index in [1.807, 2.05) is 17.0 Å². The second-order valence-electron chi connectivity index (χ2n) is 6.60. The Bertz CT molecular complexity index is 504. The summed E-state index contributed by atoms with van der Waals surface area (Å²) in [7, 11) is 0. The van der Waals surface area contributed by atoms with Crippen LogP contribution in [0.1, 0.15) is 36.7 Å². The van der Waals surface area contributed by atoms with Crippen LogP contribution in [0.3, 0.4) is 0 Å². The standard InChI is InChI=1S/C19H31N3O2/c1-4-20(5-2)15-17-6-8-18(9-7-17)19(24)22-12-10-21(11-13-22)14-16(3)23/h6-9,16,23H,4-5,10-15H2,1-3H3/t16-/m0/s1. The maximum Gasteiger partial charge on any atom is 0.253 e. The number of amides is 1. The Morgan fingerprint density at radius 3 is 2.21 bits per heavy atom. The zero-order valence-corrected chi connectivity index (χ0v) is 15.2. The van der Waals surface area contributed by atoms with Gasteiger partial charge in [0.25, 0.3) is 5.91 Å². The van der Waals surface area contributed by atoms with E-state index in [1.165, 1.54) is 5.56 Å². The van der Waals surface area contributed by atoms with Crippen molar-refractivity contribution in [3.63, 3.8) is 0 Å². The molecule has 5 heteroatoms. The van der Waals surface area contributed by atoms with Crippen molar-refractivity contribution in [2.24, 2.45) is 0 Å². The van der Waals surface area contributed by atoms with Crippen molar-refractivity contribution in [3.05, 3.63) is 35.4 Å². The van der Waals surface area contributed by atoms with Gasteiger partial charge in [-0.05, 0) is 37.7 Å². The van der Waals surface area contributed by atoms with Crippen molar-refractivity contribution in [2.75, 3.05) is 45.8 Å². The van der Waals surface area contributed by atoms with Gasteiger partial charge < -0.3 is 10.0 Å². The maximum absolute atomic E-state index is 12.6. The SMILES string of the molecule is CCN(CC)Cc1ccc(C(=O)N2CCN(C[C@H](C)O)CC2)cc1. The highest BCUT2D eigenvalue weighted by atomic mass is 16.3. The van der Waals surface area contributed by atoms with E-state index in [0.717, 1.165) is 51.4 Å². The number of benzene rings is 1. The van der Waals surface area contributed by atoms with Gasteiger partial charge in [0.05, 0.1) is 6.10 Å². The number of carbonyl (C=O) groups is 1.